The maximum absolute atomic E-state index is 11.8. The van der Waals surface area contributed by atoms with Crippen molar-refractivity contribution in [3.05, 3.63) is 53.6 Å². The molecule has 0 saturated heterocycles. The van der Waals surface area contributed by atoms with E-state index < -0.39 is 0 Å². The molecule has 0 saturated carbocycles. The van der Waals surface area contributed by atoms with Gasteiger partial charge in [0.05, 0.1) is 5.56 Å². The SMILES string of the molecule is Cc1ccc(NC(=O)COc2ccccc2C#N)cc1N. The number of hydrogen-bond donors (Lipinski definition) is 2. The summed E-state index contributed by atoms with van der Waals surface area (Å²) in [6, 6.07) is 14.1. The van der Waals surface area contributed by atoms with Gasteiger partial charge in [0.25, 0.3) is 5.91 Å². The second-order valence-electron chi connectivity index (χ2n) is 4.52. The van der Waals surface area contributed by atoms with Crippen LogP contribution in [0.4, 0.5) is 11.4 Å². The number of nitrogens with zero attached hydrogens (tertiary/aromatic N) is 1. The fourth-order valence-corrected chi connectivity index (χ4v) is 1.74. The summed E-state index contributed by atoms with van der Waals surface area (Å²) in [5, 5.41) is 11.6. The van der Waals surface area contributed by atoms with Crippen LogP contribution in [0.25, 0.3) is 0 Å². The van der Waals surface area contributed by atoms with Crippen molar-refractivity contribution >= 4 is 17.3 Å². The van der Waals surface area contributed by atoms with Gasteiger partial charge >= 0.3 is 0 Å². The average Bonchev–Trinajstić information content (AvgIpc) is 2.49. The molecule has 0 radical (unpaired) electrons. The number of rotatable bonds is 4. The highest BCUT2D eigenvalue weighted by Crippen LogP contribution is 2.18. The summed E-state index contributed by atoms with van der Waals surface area (Å²) in [6.07, 6.45) is 0. The number of hydrogen-bond acceptors (Lipinski definition) is 4. The zero-order valence-corrected chi connectivity index (χ0v) is 11.6. The molecule has 2 rings (SSSR count). The third kappa shape index (κ3) is 3.74. The van der Waals surface area contributed by atoms with E-state index in [-0.39, 0.29) is 12.5 Å². The molecule has 0 spiro atoms. The van der Waals surface area contributed by atoms with Gasteiger partial charge in [-0.15, -0.1) is 0 Å². The Hall–Kier alpha value is -3.00. The van der Waals surface area contributed by atoms with Crippen molar-refractivity contribution in [1.29, 1.82) is 5.26 Å². The summed E-state index contributed by atoms with van der Waals surface area (Å²) in [5.74, 6) is 0.0737. The molecule has 5 nitrogen and oxygen atoms in total. The van der Waals surface area contributed by atoms with Crippen molar-refractivity contribution in [2.24, 2.45) is 0 Å². The number of anilines is 2. The summed E-state index contributed by atoms with van der Waals surface area (Å²) in [4.78, 5) is 11.8. The summed E-state index contributed by atoms with van der Waals surface area (Å²) < 4.78 is 5.35. The number of nitrogens with two attached hydrogens (primary N) is 1. The molecule has 0 aliphatic rings. The van der Waals surface area contributed by atoms with E-state index in [0.29, 0.717) is 22.7 Å². The minimum absolute atomic E-state index is 0.174. The minimum Gasteiger partial charge on any atom is -0.482 e. The molecule has 0 bridgehead atoms. The van der Waals surface area contributed by atoms with Gasteiger partial charge in [-0.1, -0.05) is 18.2 Å². The zero-order chi connectivity index (χ0) is 15.2. The van der Waals surface area contributed by atoms with Gasteiger partial charge in [-0.2, -0.15) is 5.26 Å². The summed E-state index contributed by atoms with van der Waals surface area (Å²) in [5.41, 5.74) is 8.35. The van der Waals surface area contributed by atoms with Crippen LogP contribution in [0.5, 0.6) is 5.75 Å². The molecule has 0 aliphatic carbocycles. The molecule has 0 atom stereocenters. The van der Waals surface area contributed by atoms with Crippen LogP contribution in [0.2, 0.25) is 0 Å². The highest BCUT2D eigenvalue weighted by atomic mass is 16.5. The number of nitriles is 1. The third-order valence-electron chi connectivity index (χ3n) is 2.93. The molecule has 0 fully saturated rings. The van der Waals surface area contributed by atoms with E-state index in [2.05, 4.69) is 5.32 Å². The van der Waals surface area contributed by atoms with Crippen molar-refractivity contribution in [1.82, 2.24) is 0 Å². The van der Waals surface area contributed by atoms with Crippen LogP contribution in [-0.4, -0.2) is 12.5 Å². The molecule has 0 unspecified atom stereocenters. The number of ether oxygens (including phenoxy) is 1. The third-order valence-corrected chi connectivity index (χ3v) is 2.93. The van der Waals surface area contributed by atoms with Gasteiger partial charge in [0.2, 0.25) is 0 Å². The lowest BCUT2D eigenvalue weighted by molar-refractivity contribution is -0.118. The van der Waals surface area contributed by atoms with E-state index in [1.807, 2.05) is 19.1 Å². The normalized spacial score (nSPS) is 9.71. The first-order valence-electron chi connectivity index (χ1n) is 6.38. The second kappa shape index (κ2) is 6.44. The summed E-state index contributed by atoms with van der Waals surface area (Å²) in [6.45, 7) is 1.72. The van der Waals surface area contributed by atoms with Crippen LogP contribution in [0, 0.1) is 18.3 Å². The van der Waals surface area contributed by atoms with Gasteiger partial charge in [-0.3, -0.25) is 4.79 Å². The Morgan fingerprint density at radius 2 is 2.10 bits per heavy atom. The molecule has 2 aromatic rings. The van der Waals surface area contributed by atoms with Gasteiger partial charge in [-0.05, 0) is 36.8 Å². The molecule has 5 heteroatoms. The maximum Gasteiger partial charge on any atom is 0.262 e. The predicted octanol–water partition coefficient (Wildman–Crippen LogP) is 2.47. The molecule has 2 aromatic carbocycles. The van der Waals surface area contributed by atoms with Gasteiger partial charge in [0.15, 0.2) is 6.61 Å². The van der Waals surface area contributed by atoms with E-state index in [9.17, 15) is 4.79 Å². The number of amides is 1. The predicted molar refractivity (Wildman–Crippen MR) is 80.9 cm³/mol. The monoisotopic (exact) mass is 281 g/mol. The van der Waals surface area contributed by atoms with Gasteiger partial charge in [-0.25, -0.2) is 0 Å². The number of nitrogen functional groups attached to an aromatic ring is 1. The Labute approximate surface area is 123 Å². The zero-order valence-electron chi connectivity index (χ0n) is 11.6. The molecule has 1 amide bonds. The van der Waals surface area contributed by atoms with Crippen LogP contribution in [0.15, 0.2) is 42.5 Å². The Bertz CT molecular complexity index is 705. The Kier molecular flexibility index (Phi) is 4.42. The number of carbonyl (C=O) groups is 1. The van der Waals surface area contributed by atoms with Crippen molar-refractivity contribution < 1.29 is 9.53 Å². The fourth-order valence-electron chi connectivity index (χ4n) is 1.74. The number of para-hydroxylation sites is 1. The molecule has 3 N–H and O–H groups in total. The Morgan fingerprint density at radius 3 is 2.81 bits per heavy atom. The van der Waals surface area contributed by atoms with Crippen LogP contribution in [0.3, 0.4) is 0 Å². The Balaban J connectivity index is 1.96. The standard InChI is InChI=1S/C16H15N3O2/c1-11-6-7-13(8-14(11)18)19-16(20)10-21-15-5-3-2-4-12(15)9-17/h2-8H,10,18H2,1H3,(H,19,20). The van der Waals surface area contributed by atoms with E-state index in [4.69, 9.17) is 15.7 Å². The molecule has 21 heavy (non-hydrogen) atoms. The van der Waals surface area contributed by atoms with Crippen molar-refractivity contribution in [2.45, 2.75) is 6.92 Å². The lowest BCUT2D eigenvalue weighted by Crippen LogP contribution is -2.20. The van der Waals surface area contributed by atoms with Gasteiger partial charge < -0.3 is 15.8 Å². The molecule has 0 aromatic heterocycles. The topological polar surface area (TPSA) is 88.1 Å². The number of aryl methyl sites for hydroxylation is 1. The van der Waals surface area contributed by atoms with Gasteiger partial charge in [0.1, 0.15) is 11.8 Å². The first-order valence-corrected chi connectivity index (χ1v) is 6.38. The average molecular weight is 281 g/mol. The largest absolute Gasteiger partial charge is 0.482 e. The smallest absolute Gasteiger partial charge is 0.262 e. The maximum atomic E-state index is 11.8. The highest BCUT2D eigenvalue weighted by molar-refractivity contribution is 5.92. The summed E-state index contributed by atoms with van der Waals surface area (Å²) in [7, 11) is 0. The van der Waals surface area contributed by atoms with Crippen LogP contribution in [-0.2, 0) is 4.79 Å². The van der Waals surface area contributed by atoms with E-state index in [1.54, 1.807) is 36.4 Å². The van der Waals surface area contributed by atoms with E-state index in [1.165, 1.54) is 0 Å². The number of benzene rings is 2. The van der Waals surface area contributed by atoms with E-state index in [0.717, 1.165) is 5.56 Å². The minimum atomic E-state index is -0.314. The van der Waals surface area contributed by atoms with Crippen LogP contribution >= 0.6 is 0 Å². The van der Waals surface area contributed by atoms with Crippen LogP contribution < -0.4 is 15.8 Å². The van der Waals surface area contributed by atoms with Crippen LogP contribution in [0.1, 0.15) is 11.1 Å². The molecule has 106 valence electrons. The Morgan fingerprint density at radius 1 is 1.33 bits per heavy atom. The van der Waals surface area contributed by atoms with Crippen molar-refractivity contribution in [3.8, 4) is 11.8 Å². The molecule has 0 aliphatic heterocycles. The number of carbonyl (C=O) groups excluding carboxylic acids is 1. The van der Waals surface area contributed by atoms with Crippen molar-refractivity contribution in [3.63, 3.8) is 0 Å². The number of nitrogens with one attached hydrogen (secondary N) is 1. The first kappa shape index (κ1) is 14.4. The van der Waals surface area contributed by atoms with Gasteiger partial charge in [0, 0.05) is 11.4 Å². The highest BCUT2D eigenvalue weighted by Gasteiger charge is 2.07. The first-order chi connectivity index (χ1) is 10.1. The van der Waals surface area contributed by atoms with E-state index >= 15 is 0 Å². The fraction of sp³-hybridized carbons (Fsp3) is 0.125. The second-order valence-corrected chi connectivity index (χ2v) is 4.52. The lowest BCUT2D eigenvalue weighted by Gasteiger charge is -2.09. The molecule has 0 heterocycles. The summed E-state index contributed by atoms with van der Waals surface area (Å²) >= 11 is 0. The molecular weight excluding hydrogens is 266 g/mol. The quantitative estimate of drug-likeness (QED) is 0.843. The molecular formula is C16H15N3O2. The van der Waals surface area contributed by atoms with Crippen molar-refractivity contribution in [2.75, 3.05) is 17.7 Å². The lowest BCUT2D eigenvalue weighted by atomic mass is 10.2.